The van der Waals surface area contributed by atoms with Crippen LogP contribution in [0.2, 0.25) is 0 Å². The molecule has 0 radical (unpaired) electrons. The van der Waals surface area contributed by atoms with Gasteiger partial charge in [-0.3, -0.25) is 4.79 Å². The molecule has 2 aromatic rings. The van der Waals surface area contributed by atoms with E-state index >= 15 is 0 Å². The molecule has 0 saturated heterocycles. The van der Waals surface area contributed by atoms with Crippen LogP contribution >= 0.6 is 11.8 Å². The first-order valence-corrected chi connectivity index (χ1v) is 7.67. The third kappa shape index (κ3) is 4.01. The Morgan fingerprint density at radius 2 is 2.14 bits per heavy atom. The van der Waals surface area contributed by atoms with Gasteiger partial charge < -0.3 is 15.5 Å². The van der Waals surface area contributed by atoms with E-state index in [4.69, 9.17) is 10.2 Å². The first kappa shape index (κ1) is 15.4. The van der Waals surface area contributed by atoms with Crippen molar-refractivity contribution in [1.29, 1.82) is 0 Å². The SMILES string of the molecule is Cc1nc(SCCC(=O)Nc2cccc(N)c2C)oc1C. The summed E-state index contributed by atoms with van der Waals surface area (Å²) >= 11 is 1.44. The van der Waals surface area contributed by atoms with Crippen LogP contribution in [-0.2, 0) is 4.79 Å². The summed E-state index contributed by atoms with van der Waals surface area (Å²) in [5.41, 5.74) is 9.02. The first-order valence-electron chi connectivity index (χ1n) is 6.69. The van der Waals surface area contributed by atoms with E-state index in [1.54, 1.807) is 0 Å². The number of thioether (sulfide) groups is 1. The summed E-state index contributed by atoms with van der Waals surface area (Å²) in [5.74, 6) is 1.39. The van der Waals surface area contributed by atoms with Gasteiger partial charge in [-0.25, -0.2) is 4.98 Å². The second-order valence-corrected chi connectivity index (χ2v) is 5.83. The minimum Gasteiger partial charge on any atom is -0.437 e. The lowest BCUT2D eigenvalue weighted by Crippen LogP contribution is -2.13. The Morgan fingerprint density at radius 3 is 2.81 bits per heavy atom. The molecule has 6 heteroatoms. The number of amides is 1. The van der Waals surface area contributed by atoms with Gasteiger partial charge in [0.25, 0.3) is 5.22 Å². The molecule has 0 spiro atoms. The fourth-order valence-corrected chi connectivity index (χ4v) is 2.59. The highest BCUT2D eigenvalue weighted by molar-refractivity contribution is 7.99. The molecule has 0 aliphatic carbocycles. The Labute approximate surface area is 128 Å². The van der Waals surface area contributed by atoms with Crippen molar-refractivity contribution in [2.75, 3.05) is 16.8 Å². The van der Waals surface area contributed by atoms with Gasteiger partial charge in [-0.15, -0.1) is 0 Å². The van der Waals surface area contributed by atoms with Crippen LogP contribution in [0.25, 0.3) is 0 Å². The van der Waals surface area contributed by atoms with Crippen molar-refractivity contribution in [2.24, 2.45) is 0 Å². The number of carbonyl (C=O) groups excluding carboxylic acids is 1. The number of rotatable bonds is 5. The van der Waals surface area contributed by atoms with Crippen LogP contribution in [0.15, 0.2) is 27.8 Å². The molecule has 2 rings (SSSR count). The van der Waals surface area contributed by atoms with E-state index in [0.29, 0.717) is 23.1 Å². The van der Waals surface area contributed by atoms with Crippen LogP contribution in [0.5, 0.6) is 0 Å². The smallest absolute Gasteiger partial charge is 0.256 e. The number of anilines is 2. The Balaban J connectivity index is 1.83. The molecule has 112 valence electrons. The minimum absolute atomic E-state index is 0.0452. The van der Waals surface area contributed by atoms with Gasteiger partial charge in [0.2, 0.25) is 5.91 Å². The zero-order valence-corrected chi connectivity index (χ0v) is 13.2. The molecule has 21 heavy (non-hydrogen) atoms. The van der Waals surface area contributed by atoms with E-state index in [2.05, 4.69) is 10.3 Å². The molecule has 0 aliphatic rings. The quantitative estimate of drug-likeness (QED) is 0.654. The van der Waals surface area contributed by atoms with E-state index in [9.17, 15) is 4.79 Å². The number of carbonyl (C=O) groups is 1. The molecule has 0 atom stereocenters. The van der Waals surface area contributed by atoms with Gasteiger partial charge in [0.05, 0.1) is 5.69 Å². The predicted octanol–water partition coefficient (Wildman–Crippen LogP) is 3.30. The molecule has 5 nitrogen and oxygen atoms in total. The van der Waals surface area contributed by atoms with Gasteiger partial charge in [-0.2, -0.15) is 0 Å². The standard InChI is InChI=1S/C15H19N3O2S/c1-9-12(16)5-4-6-13(9)18-14(19)7-8-21-15-17-10(2)11(3)20-15/h4-6H,7-8,16H2,1-3H3,(H,18,19). The maximum atomic E-state index is 11.9. The van der Waals surface area contributed by atoms with E-state index in [1.807, 2.05) is 39.0 Å². The van der Waals surface area contributed by atoms with Crippen molar-refractivity contribution in [3.63, 3.8) is 0 Å². The Morgan fingerprint density at radius 1 is 1.38 bits per heavy atom. The van der Waals surface area contributed by atoms with Crippen molar-refractivity contribution >= 4 is 29.0 Å². The lowest BCUT2D eigenvalue weighted by Gasteiger charge is -2.09. The van der Waals surface area contributed by atoms with Crippen molar-refractivity contribution in [3.8, 4) is 0 Å². The average molecular weight is 305 g/mol. The molecular formula is C15H19N3O2S. The van der Waals surface area contributed by atoms with E-state index in [0.717, 1.165) is 22.7 Å². The molecule has 0 saturated carbocycles. The number of hydrogen-bond acceptors (Lipinski definition) is 5. The predicted molar refractivity (Wildman–Crippen MR) is 85.5 cm³/mol. The maximum Gasteiger partial charge on any atom is 0.256 e. The van der Waals surface area contributed by atoms with E-state index in [1.165, 1.54) is 11.8 Å². The second-order valence-electron chi connectivity index (χ2n) is 4.79. The summed E-state index contributed by atoms with van der Waals surface area (Å²) in [6.45, 7) is 5.66. The summed E-state index contributed by atoms with van der Waals surface area (Å²) in [6, 6.07) is 5.48. The lowest BCUT2D eigenvalue weighted by molar-refractivity contribution is -0.115. The van der Waals surface area contributed by atoms with Crippen LogP contribution in [-0.4, -0.2) is 16.6 Å². The third-order valence-electron chi connectivity index (χ3n) is 3.21. The summed E-state index contributed by atoms with van der Waals surface area (Å²) in [6.07, 6.45) is 0.388. The first-order chi connectivity index (χ1) is 9.97. The molecule has 0 unspecified atom stereocenters. The summed E-state index contributed by atoms with van der Waals surface area (Å²) < 4.78 is 5.45. The van der Waals surface area contributed by atoms with Crippen molar-refractivity contribution in [2.45, 2.75) is 32.4 Å². The van der Waals surface area contributed by atoms with Crippen molar-refractivity contribution in [3.05, 3.63) is 35.2 Å². The number of aryl methyl sites for hydroxylation is 2. The largest absolute Gasteiger partial charge is 0.437 e. The van der Waals surface area contributed by atoms with Crippen LogP contribution in [0, 0.1) is 20.8 Å². The zero-order chi connectivity index (χ0) is 15.4. The number of nitrogens with two attached hydrogens (primary N) is 1. The van der Waals surface area contributed by atoms with E-state index in [-0.39, 0.29) is 5.91 Å². The van der Waals surface area contributed by atoms with Gasteiger partial charge in [-0.1, -0.05) is 17.8 Å². The van der Waals surface area contributed by atoms with Crippen LogP contribution < -0.4 is 11.1 Å². The van der Waals surface area contributed by atoms with Crippen molar-refractivity contribution < 1.29 is 9.21 Å². The van der Waals surface area contributed by atoms with Gasteiger partial charge >= 0.3 is 0 Å². The summed E-state index contributed by atoms with van der Waals surface area (Å²) in [5, 5.41) is 3.48. The number of nitrogens with zero attached hydrogens (tertiary/aromatic N) is 1. The maximum absolute atomic E-state index is 11.9. The number of hydrogen-bond donors (Lipinski definition) is 2. The zero-order valence-electron chi connectivity index (χ0n) is 12.4. The van der Waals surface area contributed by atoms with Gasteiger partial charge in [0, 0.05) is 23.5 Å². The number of benzene rings is 1. The van der Waals surface area contributed by atoms with Crippen LogP contribution in [0.1, 0.15) is 23.4 Å². The van der Waals surface area contributed by atoms with Crippen LogP contribution in [0.4, 0.5) is 11.4 Å². The molecule has 0 bridgehead atoms. The molecule has 3 N–H and O–H groups in total. The van der Waals surface area contributed by atoms with Gasteiger partial charge in [-0.05, 0) is 38.5 Å². The van der Waals surface area contributed by atoms with E-state index < -0.39 is 0 Å². The molecule has 1 amide bonds. The Bertz CT molecular complexity index is 633. The summed E-state index contributed by atoms with van der Waals surface area (Å²) in [7, 11) is 0. The van der Waals surface area contributed by atoms with Crippen molar-refractivity contribution in [1.82, 2.24) is 4.98 Å². The minimum atomic E-state index is -0.0452. The third-order valence-corrected chi connectivity index (χ3v) is 4.04. The molecule has 1 aromatic carbocycles. The lowest BCUT2D eigenvalue weighted by atomic mass is 10.1. The fraction of sp³-hybridized carbons (Fsp3) is 0.333. The monoisotopic (exact) mass is 305 g/mol. The number of oxazole rings is 1. The molecule has 0 aliphatic heterocycles. The number of nitrogen functional groups attached to an aromatic ring is 1. The molecular weight excluding hydrogens is 286 g/mol. The van der Waals surface area contributed by atoms with Crippen LogP contribution in [0.3, 0.4) is 0 Å². The number of aromatic nitrogens is 1. The fourth-order valence-electron chi connectivity index (χ4n) is 1.74. The van der Waals surface area contributed by atoms with Gasteiger partial charge in [0.1, 0.15) is 5.76 Å². The molecule has 0 fully saturated rings. The highest BCUT2D eigenvalue weighted by Gasteiger charge is 2.09. The van der Waals surface area contributed by atoms with Gasteiger partial charge in [0.15, 0.2) is 0 Å². The molecule has 1 heterocycles. The normalized spacial score (nSPS) is 10.6. The second kappa shape index (κ2) is 6.67. The highest BCUT2D eigenvalue weighted by atomic mass is 32.2. The summed E-state index contributed by atoms with van der Waals surface area (Å²) in [4.78, 5) is 16.2. The number of nitrogens with one attached hydrogen (secondary N) is 1. The Hall–Kier alpha value is -1.95. The average Bonchev–Trinajstić information content (AvgIpc) is 2.74. The Kier molecular flexibility index (Phi) is 4.90. The highest BCUT2D eigenvalue weighted by Crippen LogP contribution is 2.22. The molecule has 1 aromatic heterocycles. The topological polar surface area (TPSA) is 81.2 Å².